The third kappa shape index (κ3) is 3.90. The van der Waals surface area contributed by atoms with Gasteiger partial charge in [0.15, 0.2) is 0 Å². The van der Waals surface area contributed by atoms with Crippen LogP contribution >= 0.6 is 0 Å². The van der Waals surface area contributed by atoms with Crippen molar-refractivity contribution in [2.45, 2.75) is 25.9 Å². The minimum absolute atomic E-state index is 0.266. The van der Waals surface area contributed by atoms with Crippen LogP contribution in [0.15, 0.2) is 30.3 Å². The van der Waals surface area contributed by atoms with Gasteiger partial charge in [-0.15, -0.1) is 0 Å². The van der Waals surface area contributed by atoms with E-state index in [9.17, 15) is 0 Å². The Morgan fingerprint density at radius 3 is 2.36 bits per heavy atom. The summed E-state index contributed by atoms with van der Waals surface area (Å²) >= 11 is 0. The third-order valence-electron chi connectivity index (χ3n) is 2.26. The summed E-state index contributed by atoms with van der Waals surface area (Å²) in [6.45, 7) is 5.55. The molecule has 0 amide bonds. The van der Waals surface area contributed by atoms with Gasteiger partial charge in [-0.1, -0.05) is 37.3 Å². The number of benzene rings is 1. The van der Waals surface area contributed by atoms with Gasteiger partial charge in [0.05, 0.1) is 6.10 Å². The van der Waals surface area contributed by atoms with Gasteiger partial charge in [-0.25, -0.2) is 0 Å². The van der Waals surface area contributed by atoms with Gasteiger partial charge in [0.2, 0.25) is 0 Å². The fraction of sp³-hybridized carbons (Fsp3) is 0.500. The lowest BCUT2D eigenvalue weighted by molar-refractivity contribution is 0.191. The Bertz CT molecular complexity index is 246. The molecule has 0 spiro atoms. The Morgan fingerprint density at radius 2 is 1.79 bits per heavy atom. The average molecular weight is 193 g/mol. The molecule has 0 unspecified atom stereocenters. The zero-order valence-electron chi connectivity index (χ0n) is 8.90. The highest BCUT2D eigenvalue weighted by Gasteiger charge is 2.04. The fourth-order valence-electron chi connectivity index (χ4n) is 1.41. The van der Waals surface area contributed by atoms with E-state index >= 15 is 0 Å². The smallest absolute Gasteiger partial charge is 0.0636 e. The number of aliphatic hydroxyl groups is 1. The first kappa shape index (κ1) is 11.2. The minimum atomic E-state index is -0.266. The van der Waals surface area contributed by atoms with E-state index in [2.05, 4.69) is 36.5 Å². The summed E-state index contributed by atoms with van der Waals surface area (Å²) < 4.78 is 0. The SMILES string of the molecule is C[C@H](CNC[C@@H](C)O)c1ccccc1. The highest BCUT2D eigenvalue weighted by atomic mass is 16.3. The van der Waals surface area contributed by atoms with E-state index in [1.807, 2.05) is 6.07 Å². The maximum Gasteiger partial charge on any atom is 0.0636 e. The van der Waals surface area contributed by atoms with E-state index in [4.69, 9.17) is 5.11 Å². The molecule has 2 N–H and O–H groups in total. The molecule has 0 saturated carbocycles. The molecule has 0 aliphatic carbocycles. The highest BCUT2D eigenvalue weighted by Crippen LogP contribution is 2.12. The molecule has 14 heavy (non-hydrogen) atoms. The van der Waals surface area contributed by atoms with E-state index in [-0.39, 0.29) is 6.10 Å². The largest absolute Gasteiger partial charge is 0.392 e. The molecule has 0 radical (unpaired) electrons. The maximum atomic E-state index is 9.07. The normalized spacial score (nSPS) is 15.1. The molecule has 1 aromatic rings. The monoisotopic (exact) mass is 193 g/mol. The number of rotatable bonds is 5. The van der Waals surface area contributed by atoms with E-state index in [1.165, 1.54) is 5.56 Å². The van der Waals surface area contributed by atoms with Gasteiger partial charge < -0.3 is 10.4 Å². The Labute approximate surface area is 86.0 Å². The molecule has 1 rings (SSSR count). The molecule has 0 saturated heterocycles. The second kappa shape index (κ2) is 5.78. The first-order valence-electron chi connectivity index (χ1n) is 5.14. The number of nitrogens with one attached hydrogen (secondary N) is 1. The lowest BCUT2D eigenvalue weighted by Gasteiger charge is -2.13. The Hall–Kier alpha value is -0.860. The predicted molar refractivity (Wildman–Crippen MR) is 59.4 cm³/mol. The van der Waals surface area contributed by atoms with Gasteiger partial charge in [-0.3, -0.25) is 0 Å². The Balaban J connectivity index is 2.32. The molecule has 2 nitrogen and oxygen atoms in total. The quantitative estimate of drug-likeness (QED) is 0.747. The lowest BCUT2D eigenvalue weighted by atomic mass is 10.0. The zero-order chi connectivity index (χ0) is 10.4. The predicted octanol–water partition coefficient (Wildman–Crippen LogP) is 1.76. The molecule has 2 atom stereocenters. The van der Waals surface area contributed by atoms with Crippen LogP contribution in [0.3, 0.4) is 0 Å². The standard InChI is InChI=1S/C12H19NO/c1-10(8-13-9-11(2)14)12-6-4-3-5-7-12/h3-7,10-11,13-14H,8-9H2,1-2H3/t10-,11-/m1/s1. The lowest BCUT2D eigenvalue weighted by Crippen LogP contribution is -2.27. The van der Waals surface area contributed by atoms with Crippen molar-refractivity contribution in [1.29, 1.82) is 0 Å². The van der Waals surface area contributed by atoms with Crippen LogP contribution in [0.2, 0.25) is 0 Å². The molecular formula is C12H19NO. The number of hydrogen-bond donors (Lipinski definition) is 2. The van der Waals surface area contributed by atoms with Crippen molar-refractivity contribution in [1.82, 2.24) is 5.32 Å². The zero-order valence-corrected chi connectivity index (χ0v) is 8.90. The maximum absolute atomic E-state index is 9.07. The summed E-state index contributed by atoms with van der Waals surface area (Å²) in [6, 6.07) is 10.4. The van der Waals surface area contributed by atoms with Gasteiger partial charge in [0, 0.05) is 13.1 Å². The van der Waals surface area contributed by atoms with Gasteiger partial charge >= 0.3 is 0 Å². The topological polar surface area (TPSA) is 32.3 Å². The minimum Gasteiger partial charge on any atom is -0.392 e. The number of hydrogen-bond acceptors (Lipinski definition) is 2. The van der Waals surface area contributed by atoms with Crippen molar-refractivity contribution in [2.24, 2.45) is 0 Å². The van der Waals surface area contributed by atoms with Gasteiger partial charge in [-0.2, -0.15) is 0 Å². The summed E-state index contributed by atoms with van der Waals surface area (Å²) in [5, 5.41) is 12.3. The summed E-state index contributed by atoms with van der Waals surface area (Å²) in [5.41, 5.74) is 1.34. The van der Waals surface area contributed by atoms with Crippen LogP contribution in [0.25, 0.3) is 0 Å². The summed E-state index contributed by atoms with van der Waals surface area (Å²) in [7, 11) is 0. The Kier molecular flexibility index (Phi) is 4.63. The second-order valence-corrected chi connectivity index (χ2v) is 3.82. The highest BCUT2D eigenvalue weighted by molar-refractivity contribution is 5.18. The molecule has 2 heteroatoms. The summed E-state index contributed by atoms with van der Waals surface area (Å²) in [4.78, 5) is 0. The van der Waals surface area contributed by atoms with Crippen molar-refractivity contribution < 1.29 is 5.11 Å². The fourth-order valence-corrected chi connectivity index (χ4v) is 1.41. The second-order valence-electron chi connectivity index (χ2n) is 3.82. The molecule has 0 aliphatic heterocycles. The van der Waals surface area contributed by atoms with E-state index < -0.39 is 0 Å². The third-order valence-corrected chi connectivity index (χ3v) is 2.26. The molecule has 0 heterocycles. The van der Waals surface area contributed by atoms with Crippen molar-refractivity contribution in [3.8, 4) is 0 Å². The molecule has 0 bridgehead atoms. The van der Waals surface area contributed by atoms with Crippen LogP contribution in [0, 0.1) is 0 Å². The van der Waals surface area contributed by atoms with E-state index in [0.717, 1.165) is 6.54 Å². The molecule has 0 aromatic heterocycles. The van der Waals surface area contributed by atoms with Crippen molar-refractivity contribution in [3.05, 3.63) is 35.9 Å². The van der Waals surface area contributed by atoms with Crippen LogP contribution in [0.1, 0.15) is 25.3 Å². The molecule has 0 fully saturated rings. The molecule has 1 aromatic carbocycles. The average Bonchev–Trinajstić information content (AvgIpc) is 2.18. The molecule has 0 aliphatic rings. The van der Waals surface area contributed by atoms with E-state index in [1.54, 1.807) is 6.92 Å². The first-order valence-corrected chi connectivity index (χ1v) is 5.14. The molecular weight excluding hydrogens is 174 g/mol. The van der Waals surface area contributed by atoms with Crippen LogP contribution in [0.5, 0.6) is 0 Å². The Morgan fingerprint density at radius 1 is 1.14 bits per heavy atom. The van der Waals surface area contributed by atoms with Crippen LogP contribution < -0.4 is 5.32 Å². The van der Waals surface area contributed by atoms with Crippen LogP contribution in [0.4, 0.5) is 0 Å². The molecule has 78 valence electrons. The van der Waals surface area contributed by atoms with E-state index in [0.29, 0.717) is 12.5 Å². The number of aliphatic hydroxyl groups excluding tert-OH is 1. The van der Waals surface area contributed by atoms with Crippen LogP contribution in [-0.2, 0) is 0 Å². The van der Waals surface area contributed by atoms with Crippen molar-refractivity contribution in [3.63, 3.8) is 0 Å². The first-order chi connectivity index (χ1) is 6.70. The van der Waals surface area contributed by atoms with Crippen molar-refractivity contribution in [2.75, 3.05) is 13.1 Å². The summed E-state index contributed by atoms with van der Waals surface area (Å²) in [5.74, 6) is 0.495. The summed E-state index contributed by atoms with van der Waals surface area (Å²) in [6.07, 6.45) is -0.266. The van der Waals surface area contributed by atoms with Gasteiger partial charge in [-0.05, 0) is 18.4 Å². The van der Waals surface area contributed by atoms with Gasteiger partial charge in [0.1, 0.15) is 0 Å². The van der Waals surface area contributed by atoms with Crippen LogP contribution in [-0.4, -0.2) is 24.3 Å². The van der Waals surface area contributed by atoms with Crippen molar-refractivity contribution >= 4 is 0 Å². The van der Waals surface area contributed by atoms with Gasteiger partial charge in [0.25, 0.3) is 0 Å².